The molecular weight excluding hydrogens is 146 g/mol. The predicted molar refractivity (Wildman–Crippen MR) is 29.5 cm³/mol. The fourth-order valence-electron chi connectivity index (χ4n) is 0.454. The number of rotatable bonds is 3. The van der Waals surface area contributed by atoms with Crippen LogP contribution in [0.25, 0.3) is 0 Å². The van der Waals surface area contributed by atoms with Crippen LogP contribution in [-0.2, 0) is 9.59 Å². The second-order valence-electron chi connectivity index (χ2n) is 2.31. The van der Waals surface area contributed by atoms with E-state index < -0.39 is 11.8 Å². The summed E-state index contributed by atoms with van der Waals surface area (Å²) in [4.78, 5) is 20.1. The number of carbonyl (C=O) groups is 2. The van der Waals surface area contributed by atoms with Gasteiger partial charge in [-0.2, -0.15) is 0 Å². The molecule has 0 saturated carbocycles. The molecular formula is C6H9NaO3. The Morgan fingerprint density at radius 3 is 1.90 bits per heavy atom. The van der Waals surface area contributed by atoms with Gasteiger partial charge in [-0.15, -0.1) is 0 Å². The van der Waals surface area contributed by atoms with Gasteiger partial charge in [0.05, 0.1) is 0 Å². The fourth-order valence-corrected chi connectivity index (χ4v) is 0.454. The van der Waals surface area contributed by atoms with Crippen molar-refractivity contribution in [2.45, 2.75) is 20.3 Å². The van der Waals surface area contributed by atoms with E-state index in [-0.39, 0.29) is 41.9 Å². The van der Waals surface area contributed by atoms with Gasteiger partial charge in [-0.25, -0.2) is 0 Å². The standard InChI is InChI=1S/C6H10O3.Na/c1-4(2)3-5(7)6(8)9;/h4H,3H2,1-2H3,(H,8,9);/q;+1/p-1/i3+1,5+1,6+1;. The molecule has 52 valence electrons. The summed E-state index contributed by atoms with van der Waals surface area (Å²) in [6, 6.07) is 0. The monoisotopic (exact) mass is 155 g/mol. The average molecular weight is 155 g/mol. The molecule has 0 aromatic rings. The van der Waals surface area contributed by atoms with Crippen LogP contribution in [0.2, 0.25) is 0 Å². The third kappa shape index (κ3) is 6.26. The van der Waals surface area contributed by atoms with E-state index >= 15 is 0 Å². The number of ketones is 1. The van der Waals surface area contributed by atoms with Crippen molar-refractivity contribution < 1.29 is 44.3 Å². The Morgan fingerprint density at radius 1 is 1.40 bits per heavy atom. The number of carboxylic acids is 1. The van der Waals surface area contributed by atoms with Crippen molar-refractivity contribution in [3.8, 4) is 0 Å². The topological polar surface area (TPSA) is 57.2 Å². The summed E-state index contributed by atoms with van der Waals surface area (Å²) < 4.78 is 0. The first-order valence-corrected chi connectivity index (χ1v) is 2.78. The van der Waals surface area contributed by atoms with Gasteiger partial charge in [-0.1, -0.05) is 13.8 Å². The smallest absolute Gasteiger partial charge is 0.542 e. The van der Waals surface area contributed by atoms with Crippen LogP contribution in [0.15, 0.2) is 0 Å². The summed E-state index contributed by atoms with van der Waals surface area (Å²) in [5, 5.41) is 9.77. The minimum atomic E-state index is -1.58. The van der Waals surface area contributed by atoms with Crippen molar-refractivity contribution >= 4 is 11.8 Å². The Kier molecular flexibility index (Phi) is 7.53. The summed E-state index contributed by atoms with van der Waals surface area (Å²) >= 11 is 0. The van der Waals surface area contributed by atoms with Gasteiger partial charge >= 0.3 is 29.6 Å². The molecule has 0 aliphatic heterocycles. The molecule has 0 aromatic heterocycles. The van der Waals surface area contributed by atoms with Gasteiger partial charge in [0, 0.05) is 6.42 Å². The second-order valence-corrected chi connectivity index (χ2v) is 2.31. The number of hydrogen-bond acceptors (Lipinski definition) is 3. The molecule has 0 radical (unpaired) electrons. The zero-order chi connectivity index (χ0) is 7.44. The molecule has 0 aliphatic carbocycles. The van der Waals surface area contributed by atoms with Gasteiger partial charge in [-0.05, 0) is 5.92 Å². The zero-order valence-corrected chi connectivity index (χ0v) is 8.51. The minimum absolute atomic E-state index is 0. The molecule has 10 heavy (non-hydrogen) atoms. The van der Waals surface area contributed by atoms with Crippen molar-refractivity contribution in [2.24, 2.45) is 5.92 Å². The van der Waals surface area contributed by atoms with Crippen LogP contribution >= 0.6 is 0 Å². The Bertz CT molecular complexity index is 131. The van der Waals surface area contributed by atoms with Gasteiger partial charge in [0.25, 0.3) is 0 Å². The van der Waals surface area contributed by atoms with E-state index in [1.165, 1.54) is 0 Å². The Morgan fingerprint density at radius 2 is 1.80 bits per heavy atom. The Labute approximate surface area is 82.1 Å². The largest absolute Gasteiger partial charge is 1.00 e. The Hall–Kier alpha value is 0.140. The molecule has 4 heteroatoms. The minimum Gasteiger partial charge on any atom is -0.542 e. The predicted octanol–water partition coefficient (Wildman–Crippen LogP) is -3.64. The van der Waals surface area contributed by atoms with Crippen molar-refractivity contribution in [1.82, 2.24) is 0 Å². The van der Waals surface area contributed by atoms with Gasteiger partial charge in [0.15, 0.2) is 5.78 Å². The maximum Gasteiger partial charge on any atom is 1.00 e. The van der Waals surface area contributed by atoms with E-state index in [2.05, 4.69) is 0 Å². The number of hydrogen-bond donors (Lipinski definition) is 0. The van der Waals surface area contributed by atoms with Crippen LogP contribution in [-0.4, -0.2) is 11.8 Å². The van der Waals surface area contributed by atoms with Crippen LogP contribution in [0.4, 0.5) is 0 Å². The molecule has 0 aliphatic rings. The van der Waals surface area contributed by atoms with E-state index in [1.54, 1.807) is 13.8 Å². The zero-order valence-electron chi connectivity index (χ0n) is 6.51. The van der Waals surface area contributed by atoms with Gasteiger partial charge < -0.3 is 9.90 Å². The molecule has 0 saturated heterocycles. The van der Waals surface area contributed by atoms with Gasteiger partial charge in [0.1, 0.15) is 5.97 Å². The summed E-state index contributed by atoms with van der Waals surface area (Å²) in [7, 11) is 0. The molecule has 0 bridgehead atoms. The van der Waals surface area contributed by atoms with Crippen molar-refractivity contribution in [1.29, 1.82) is 0 Å². The summed E-state index contributed by atoms with van der Waals surface area (Å²) in [5.74, 6) is -2.30. The van der Waals surface area contributed by atoms with E-state index in [0.29, 0.717) is 0 Å². The molecule has 0 heterocycles. The second kappa shape index (κ2) is 5.89. The van der Waals surface area contributed by atoms with E-state index in [1.807, 2.05) is 0 Å². The van der Waals surface area contributed by atoms with E-state index in [9.17, 15) is 14.7 Å². The number of carbonyl (C=O) groups excluding carboxylic acids is 2. The van der Waals surface area contributed by atoms with Crippen molar-refractivity contribution in [2.75, 3.05) is 0 Å². The SMILES string of the molecule is CC(C)[13CH2][13C](=O)[13C](=O)[O-].[Na+]. The van der Waals surface area contributed by atoms with E-state index in [4.69, 9.17) is 0 Å². The van der Waals surface area contributed by atoms with E-state index in [0.717, 1.165) is 0 Å². The summed E-state index contributed by atoms with van der Waals surface area (Å²) in [5.41, 5.74) is 0. The van der Waals surface area contributed by atoms with Crippen LogP contribution in [0.3, 0.4) is 0 Å². The molecule has 0 aromatic carbocycles. The van der Waals surface area contributed by atoms with Crippen molar-refractivity contribution in [3.05, 3.63) is 0 Å². The first-order valence-electron chi connectivity index (χ1n) is 2.78. The molecule has 0 rings (SSSR count). The molecule has 0 amide bonds. The third-order valence-corrected chi connectivity index (χ3v) is 0.821. The third-order valence-electron chi connectivity index (χ3n) is 0.821. The molecule has 0 spiro atoms. The number of carboxylic acid groups (broad SMARTS) is 1. The number of Topliss-reactive ketones (excluding diaryl/α,β-unsaturated/α-hetero) is 1. The first kappa shape index (κ1) is 12.8. The molecule has 0 N–H and O–H groups in total. The summed E-state index contributed by atoms with van der Waals surface area (Å²) in [6.45, 7) is 3.56. The quantitative estimate of drug-likeness (QED) is 0.240. The normalized spacial score (nSPS) is 8.70. The van der Waals surface area contributed by atoms with Crippen LogP contribution in [0, 0.1) is 5.92 Å². The Balaban J connectivity index is 0. The number of aliphatic carboxylic acids is 1. The maximum absolute atomic E-state index is 10.3. The molecule has 0 atom stereocenters. The molecule has 0 fully saturated rings. The fraction of sp³-hybridized carbons (Fsp3) is 0.667. The molecule has 0 unspecified atom stereocenters. The first-order chi connectivity index (χ1) is 4.04. The van der Waals surface area contributed by atoms with Gasteiger partial charge in [-0.3, -0.25) is 4.79 Å². The van der Waals surface area contributed by atoms with Crippen LogP contribution in [0.1, 0.15) is 20.3 Å². The van der Waals surface area contributed by atoms with Crippen LogP contribution in [0.5, 0.6) is 0 Å². The van der Waals surface area contributed by atoms with Crippen molar-refractivity contribution in [3.63, 3.8) is 0 Å². The average Bonchev–Trinajstić information content (AvgIpc) is 1.63. The maximum atomic E-state index is 10.3. The summed E-state index contributed by atoms with van der Waals surface area (Å²) in [6.07, 6.45) is 0.0718. The van der Waals surface area contributed by atoms with Gasteiger partial charge in [0.2, 0.25) is 0 Å². The van der Waals surface area contributed by atoms with Crippen LogP contribution < -0.4 is 34.7 Å². The molecule has 3 nitrogen and oxygen atoms in total.